The first-order valence-electron chi connectivity index (χ1n) is 42.0. The minimum atomic E-state index is -5.02. The van der Waals surface area contributed by atoms with Gasteiger partial charge in [-0.15, -0.1) is 0 Å². The summed E-state index contributed by atoms with van der Waals surface area (Å²) in [5.74, 6) is -2.40. The van der Waals surface area contributed by atoms with E-state index in [0.29, 0.717) is 38.5 Å². The van der Waals surface area contributed by atoms with Crippen LogP contribution in [-0.4, -0.2) is 96.7 Å². The summed E-state index contributed by atoms with van der Waals surface area (Å²) in [5.41, 5.74) is 0. The molecule has 0 aromatic rings. The van der Waals surface area contributed by atoms with E-state index in [1.165, 1.54) is 77.0 Å². The third-order valence-corrected chi connectivity index (χ3v) is 18.7. The Morgan fingerprint density at radius 1 is 0.264 bits per heavy atom. The average molecular weight is 1580 g/mol. The SMILES string of the molecule is CC/C=C\C/C=C\C/C=C\C/C=C\C/C=C\CCCCCC(=O)O[C@H](COC(=O)CCC/C=C\C/C=C\C/C=C\C/C=C\CCCCC)COP(=O)(O)OC[C@@H](O)COP(=O)(O)OC[C@@H](COC(=O)CCCCCCC/C=C\CCCCCCCC)OC(=O)CC/C=C\C/C=C\C/C=C\C/C=C\C/C=C\CCCCC. The van der Waals surface area contributed by atoms with Crippen LogP contribution in [0, 0.1) is 0 Å². The van der Waals surface area contributed by atoms with Crippen LogP contribution in [0.2, 0.25) is 0 Å². The molecular formula is C91H148O17P2. The zero-order valence-electron chi connectivity index (χ0n) is 68.4. The molecule has 0 aromatic heterocycles. The number of esters is 4. The van der Waals surface area contributed by atoms with E-state index in [4.69, 9.17) is 37.0 Å². The Hall–Kier alpha value is -5.84. The van der Waals surface area contributed by atoms with Crippen molar-refractivity contribution in [3.8, 4) is 0 Å². The van der Waals surface area contributed by atoms with Crippen molar-refractivity contribution in [3.05, 3.63) is 182 Å². The number of carbonyl (C=O) groups is 4. The van der Waals surface area contributed by atoms with Gasteiger partial charge in [0.2, 0.25) is 0 Å². The van der Waals surface area contributed by atoms with Gasteiger partial charge in [-0.05, 0) is 173 Å². The summed E-state index contributed by atoms with van der Waals surface area (Å²) in [7, 11) is -10.0. The predicted molar refractivity (Wildman–Crippen MR) is 454 cm³/mol. The molecule has 5 atom stereocenters. The van der Waals surface area contributed by atoms with Gasteiger partial charge in [-0.3, -0.25) is 37.3 Å². The Morgan fingerprint density at radius 3 is 0.855 bits per heavy atom. The number of hydrogen-bond donors (Lipinski definition) is 3. The smallest absolute Gasteiger partial charge is 0.462 e. The summed E-state index contributed by atoms with van der Waals surface area (Å²) >= 11 is 0. The molecule has 0 bridgehead atoms. The predicted octanol–water partition coefficient (Wildman–Crippen LogP) is 25.1. The lowest BCUT2D eigenvalue weighted by molar-refractivity contribution is -0.161. The second kappa shape index (κ2) is 81.2. The van der Waals surface area contributed by atoms with Crippen molar-refractivity contribution in [2.75, 3.05) is 39.6 Å². The van der Waals surface area contributed by atoms with Crippen molar-refractivity contribution in [1.29, 1.82) is 0 Å². The molecule has 0 fully saturated rings. The summed E-state index contributed by atoms with van der Waals surface area (Å²) < 4.78 is 68.6. The van der Waals surface area contributed by atoms with Gasteiger partial charge in [0, 0.05) is 25.7 Å². The minimum absolute atomic E-state index is 0.0348. The quantitative estimate of drug-likeness (QED) is 0.0169. The maximum atomic E-state index is 13.1. The Balaban J connectivity index is 5.56. The van der Waals surface area contributed by atoms with Gasteiger partial charge in [-0.25, -0.2) is 9.13 Å². The van der Waals surface area contributed by atoms with Gasteiger partial charge >= 0.3 is 39.5 Å². The number of rotatable bonds is 77. The molecule has 0 aromatic carbocycles. The Bertz CT molecular complexity index is 2800. The fourth-order valence-corrected chi connectivity index (χ4v) is 12.0. The monoisotopic (exact) mass is 1580 g/mol. The van der Waals surface area contributed by atoms with Gasteiger partial charge < -0.3 is 33.8 Å². The van der Waals surface area contributed by atoms with Crippen LogP contribution in [0.4, 0.5) is 0 Å². The normalized spacial score (nSPS) is 14.7. The minimum Gasteiger partial charge on any atom is -0.462 e. The van der Waals surface area contributed by atoms with Crippen molar-refractivity contribution in [3.63, 3.8) is 0 Å². The van der Waals surface area contributed by atoms with Crippen LogP contribution in [0.5, 0.6) is 0 Å². The standard InChI is InChI=1S/C91H148O17P2/c1-5-9-13-17-21-25-29-33-37-40-42-45-49-53-57-61-65-69-73-77-90(95)107-86(81-101-88(93)75-71-67-63-59-55-51-47-36-32-28-24-20-16-12-8-4)83-105-109(97,98)103-79-85(92)80-104-110(99,100)106-84-87(82-102-89(94)76-72-68-64-60-56-52-48-44-39-35-31-27-23-19-15-11-7-3)108-91(96)78-74-70-66-62-58-54-50-46-43-41-38-34-30-26-22-18-14-10-6-2/h10,14,21-23,25-27,33-39,42-43,45-48,52-54,57-58,60,64-65,69,85-87,92H,5-9,11-13,15-20,24,28-32,40-41,44,49-51,55-56,59,61-63,66-68,70-84H2,1-4H3,(H,97,98)(H,99,100)/b14-10-,25-21-,26-22-,27-23-,37-33-,38-34-,39-35-,45-42-,46-43-,47-36-,52-48-,57-53-,58-54-,64-60-,69-65-/t85-,86+,87+/m0/s1. The lowest BCUT2D eigenvalue weighted by atomic mass is 10.1. The zero-order chi connectivity index (χ0) is 80.3. The highest BCUT2D eigenvalue weighted by atomic mass is 31.2. The van der Waals surface area contributed by atoms with Crippen LogP contribution >= 0.6 is 15.6 Å². The summed E-state index contributed by atoms with van der Waals surface area (Å²) in [5, 5.41) is 10.7. The van der Waals surface area contributed by atoms with Gasteiger partial charge in [0.1, 0.15) is 19.3 Å². The fourth-order valence-electron chi connectivity index (χ4n) is 10.5. The first kappa shape index (κ1) is 104. The van der Waals surface area contributed by atoms with Crippen LogP contribution in [0.3, 0.4) is 0 Å². The van der Waals surface area contributed by atoms with E-state index in [2.05, 4.69) is 180 Å². The molecule has 0 radical (unpaired) electrons. The third-order valence-electron chi connectivity index (χ3n) is 16.8. The van der Waals surface area contributed by atoms with Gasteiger partial charge in [0.25, 0.3) is 0 Å². The molecule has 19 heteroatoms. The van der Waals surface area contributed by atoms with E-state index in [1.54, 1.807) is 0 Å². The van der Waals surface area contributed by atoms with Crippen LogP contribution < -0.4 is 0 Å². The molecule has 110 heavy (non-hydrogen) atoms. The van der Waals surface area contributed by atoms with Crippen LogP contribution in [0.25, 0.3) is 0 Å². The molecule has 624 valence electrons. The number of aliphatic hydroxyl groups excluding tert-OH is 1. The van der Waals surface area contributed by atoms with Crippen molar-refractivity contribution in [2.24, 2.45) is 0 Å². The largest absolute Gasteiger partial charge is 0.472 e. The van der Waals surface area contributed by atoms with E-state index in [-0.39, 0.29) is 25.7 Å². The highest BCUT2D eigenvalue weighted by Crippen LogP contribution is 2.45. The molecule has 2 unspecified atom stereocenters. The summed E-state index contributed by atoms with van der Waals surface area (Å²) in [6.45, 7) is 4.50. The van der Waals surface area contributed by atoms with E-state index >= 15 is 0 Å². The highest BCUT2D eigenvalue weighted by molar-refractivity contribution is 7.47. The molecule has 0 aliphatic heterocycles. The van der Waals surface area contributed by atoms with Crippen molar-refractivity contribution in [1.82, 2.24) is 0 Å². The highest BCUT2D eigenvalue weighted by Gasteiger charge is 2.30. The molecule has 0 spiro atoms. The van der Waals surface area contributed by atoms with Crippen LogP contribution in [0.15, 0.2) is 182 Å². The maximum Gasteiger partial charge on any atom is 0.472 e. The molecule has 0 aliphatic carbocycles. The summed E-state index contributed by atoms with van der Waals surface area (Å²) in [6.07, 6.45) is 98.8. The van der Waals surface area contributed by atoms with Crippen LogP contribution in [-0.2, 0) is 65.4 Å². The summed E-state index contributed by atoms with van der Waals surface area (Å²) in [6, 6.07) is 0. The third kappa shape index (κ3) is 80.2. The Labute approximate surface area is 666 Å². The van der Waals surface area contributed by atoms with Crippen molar-refractivity contribution in [2.45, 2.75) is 329 Å². The van der Waals surface area contributed by atoms with Gasteiger partial charge in [0.05, 0.1) is 26.4 Å². The Morgan fingerprint density at radius 2 is 0.500 bits per heavy atom. The number of unbranched alkanes of at least 4 members (excludes halogenated alkanes) is 21. The summed E-state index contributed by atoms with van der Waals surface area (Å²) in [4.78, 5) is 73.1. The van der Waals surface area contributed by atoms with E-state index in [0.717, 1.165) is 141 Å². The van der Waals surface area contributed by atoms with E-state index < -0.39 is 97.5 Å². The number of carbonyl (C=O) groups excluding carboxylic acids is 4. The fraction of sp³-hybridized carbons (Fsp3) is 0.626. The molecule has 0 saturated heterocycles. The molecule has 0 aliphatic rings. The van der Waals surface area contributed by atoms with Crippen molar-refractivity contribution < 1.29 is 80.2 Å². The number of hydrogen-bond acceptors (Lipinski definition) is 15. The molecule has 0 heterocycles. The second-order valence-electron chi connectivity index (χ2n) is 27.3. The van der Waals surface area contributed by atoms with Crippen LogP contribution in [0.1, 0.15) is 310 Å². The van der Waals surface area contributed by atoms with E-state index in [9.17, 15) is 43.2 Å². The maximum absolute atomic E-state index is 13.1. The van der Waals surface area contributed by atoms with Gasteiger partial charge in [0.15, 0.2) is 12.2 Å². The lowest BCUT2D eigenvalue weighted by Gasteiger charge is -2.21. The van der Waals surface area contributed by atoms with Gasteiger partial charge in [-0.1, -0.05) is 293 Å². The number of phosphoric acid groups is 2. The molecule has 0 rings (SSSR count). The number of allylic oxidation sites excluding steroid dienone is 30. The zero-order valence-corrected chi connectivity index (χ0v) is 70.1. The number of phosphoric ester groups is 2. The molecule has 17 nitrogen and oxygen atoms in total. The Kier molecular flexibility index (Phi) is 76.9. The molecular weight excluding hydrogens is 1430 g/mol. The van der Waals surface area contributed by atoms with Crippen molar-refractivity contribution >= 4 is 39.5 Å². The number of ether oxygens (including phenoxy) is 4. The first-order chi connectivity index (χ1) is 53.7. The molecule has 3 N–H and O–H groups in total. The van der Waals surface area contributed by atoms with E-state index in [1.807, 2.05) is 30.4 Å². The topological polar surface area (TPSA) is 237 Å². The second-order valence-corrected chi connectivity index (χ2v) is 30.2. The van der Waals surface area contributed by atoms with Gasteiger partial charge in [-0.2, -0.15) is 0 Å². The molecule has 0 saturated carbocycles. The first-order valence-corrected chi connectivity index (χ1v) is 45.0. The lowest BCUT2D eigenvalue weighted by Crippen LogP contribution is -2.30. The molecule has 0 amide bonds. The average Bonchev–Trinajstić information content (AvgIpc) is 0.907. The number of aliphatic hydroxyl groups is 1.